The molecule has 7 nitrogen and oxygen atoms in total. The highest BCUT2D eigenvalue weighted by Gasteiger charge is 2.24. The van der Waals surface area contributed by atoms with Gasteiger partial charge in [-0.3, -0.25) is 4.68 Å². The molecule has 3 aromatic rings. The Kier molecular flexibility index (Phi) is 4.06. The van der Waals surface area contributed by atoms with Crippen molar-refractivity contribution in [3.05, 3.63) is 53.2 Å². The molecule has 0 spiro atoms. The van der Waals surface area contributed by atoms with Crippen LogP contribution < -0.4 is 0 Å². The van der Waals surface area contributed by atoms with Gasteiger partial charge in [0.2, 0.25) is 0 Å². The number of carbonyl (C=O) groups is 2. The van der Waals surface area contributed by atoms with Gasteiger partial charge in [0.15, 0.2) is 0 Å². The van der Waals surface area contributed by atoms with Gasteiger partial charge in [0.05, 0.1) is 24.1 Å². The van der Waals surface area contributed by atoms with Crippen molar-refractivity contribution in [3.63, 3.8) is 0 Å². The summed E-state index contributed by atoms with van der Waals surface area (Å²) in [5, 5.41) is 13.6. The summed E-state index contributed by atoms with van der Waals surface area (Å²) in [6, 6.07) is 4.14. The van der Waals surface area contributed by atoms with Crippen molar-refractivity contribution in [3.8, 4) is 0 Å². The molecule has 1 N–H and O–H groups in total. The van der Waals surface area contributed by atoms with Gasteiger partial charge in [-0.2, -0.15) is 5.10 Å². The maximum Gasteiger partial charge on any atom is 0.339 e. The first kappa shape index (κ1) is 16.5. The van der Waals surface area contributed by atoms with Gasteiger partial charge in [-0.05, 0) is 43.7 Å². The number of carboxylic acid groups (broad SMARTS) is 1. The van der Waals surface area contributed by atoms with E-state index >= 15 is 0 Å². The third kappa shape index (κ3) is 3.24. The summed E-state index contributed by atoms with van der Waals surface area (Å²) in [6.45, 7) is 1.88. The van der Waals surface area contributed by atoms with Crippen LogP contribution in [0.25, 0.3) is 5.65 Å². The number of aromatic carboxylic acids is 1. The van der Waals surface area contributed by atoms with Crippen molar-refractivity contribution in [2.45, 2.75) is 45.1 Å². The van der Waals surface area contributed by atoms with E-state index in [2.05, 4.69) is 22.3 Å². The van der Waals surface area contributed by atoms with E-state index in [1.54, 1.807) is 4.68 Å². The molecule has 0 bridgehead atoms. The van der Waals surface area contributed by atoms with E-state index < -0.39 is 5.97 Å². The highest BCUT2D eigenvalue weighted by molar-refractivity contribution is 5.89. The number of nitrogens with zero attached hydrogens (tertiary/aromatic N) is 4. The molecule has 1 aliphatic rings. The lowest BCUT2D eigenvalue weighted by Gasteiger charge is -2.06. The van der Waals surface area contributed by atoms with E-state index in [0.717, 1.165) is 11.3 Å². The van der Waals surface area contributed by atoms with Crippen molar-refractivity contribution in [2.75, 3.05) is 0 Å². The molecule has 4 rings (SSSR count). The van der Waals surface area contributed by atoms with Gasteiger partial charge in [0.1, 0.15) is 17.0 Å². The fraction of sp³-hybridized carbons (Fsp3) is 0.368. The van der Waals surface area contributed by atoms with Gasteiger partial charge in [-0.1, -0.05) is 6.07 Å². The molecule has 0 unspecified atom stereocenters. The van der Waals surface area contributed by atoms with Crippen LogP contribution in [-0.2, 0) is 17.8 Å². The summed E-state index contributed by atoms with van der Waals surface area (Å²) in [7, 11) is 0. The molecule has 0 aromatic carbocycles. The van der Waals surface area contributed by atoms with Crippen LogP contribution >= 0.6 is 0 Å². The fourth-order valence-electron chi connectivity index (χ4n) is 3.23. The highest BCUT2D eigenvalue weighted by atomic mass is 16.4. The first-order valence-electron chi connectivity index (χ1n) is 8.76. The van der Waals surface area contributed by atoms with Gasteiger partial charge >= 0.3 is 5.97 Å². The maximum atomic E-state index is 11.4. The van der Waals surface area contributed by atoms with Gasteiger partial charge < -0.3 is 14.3 Å². The summed E-state index contributed by atoms with van der Waals surface area (Å²) in [6.07, 6.45) is 8.57. The normalized spacial score (nSPS) is 14.0. The fourth-order valence-corrected chi connectivity index (χ4v) is 3.23. The minimum atomic E-state index is -1.03. The van der Waals surface area contributed by atoms with Crippen molar-refractivity contribution in [1.82, 2.24) is 19.2 Å². The second kappa shape index (κ2) is 6.40. The second-order valence-corrected chi connectivity index (χ2v) is 6.90. The van der Waals surface area contributed by atoms with E-state index in [9.17, 15) is 14.7 Å². The van der Waals surface area contributed by atoms with E-state index in [-0.39, 0.29) is 11.3 Å². The molecule has 0 aliphatic heterocycles. The molecule has 134 valence electrons. The summed E-state index contributed by atoms with van der Waals surface area (Å²) in [5.74, 6) is -0.332. The van der Waals surface area contributed by atoms with Crippen molar-refractivity contribution in [1.29, 1.82) is 0 Å². The van der Waals surface area contributed by atoms with E-state index in [0.29, 0.717) is 31.0 Å². The lowest BCUT2D eigenvalue weighted by molar-refractivity contribution is -0.117. The summed E-state index contributed by atoms with van der Waals surface area (Å²) in [5.41, 5.74) is 3.70. The van der Waals surface area contributed by atoms with Crippen LogP contribution in [0.15, 0.2) is 30.7 Å². The Bertz CT molecular complexity index is 998. The highest BCUT2D eigenvalue weighted by Crippen LogP contribution is 2.39. The Morgan fingerprint density at radius 1 is 1.27 bits per heavy atom. The molecular formula is C19H20N4O3. The molecule has 1 aliphatic carbocycles. The van der Waals surface area contributed by atoms with Gasteiger partial charge in [-0.15, -0.1) is 0 Å². The van der Waals surface area contributed by atoms with Crippen LogP contribution in [0.2, 0.25) is 0 Å². The van der Waals surface area contributed by atoms with Crippen molar-refractivity contribution < 1.29 is 14.7 Å². The quantitative estimate of drug-likeness (QED) is 0.706. The maximum absolute atomic E-state index is 11.4. The first-order valence-corrected chi connectivity index (χ1v) is 8.76. The van der Waals surface area contributed by atoms with Crippen LogP contribution in [0.1, 0.15) is 59.4 Å². The molecule has 0 amide bonds. The molecule has 1 saturated carbocycles. The topological polar surface area (TPSA) is 89.5 Å². The lowest BCUT2D eigenvalue weighted by Crippen LogP contribution is -2.11. The third-order valence-electron chi connectivity index (χ3n) is 4.78. The molecule has 7 heteroatoms. The number of aromatic nitrogens is 4. The summed E-state index contributed by atoms with van der Waals surface area (Å²) >= 11 is 0. The molecule has 26 heavy (non-hydrogen) atoms. The minimum absolute atomic E-state index is 0.0226. The van der Waals surface area contributed by atoms with Crippen molar-refractivity contribution >= 4 is 17.4 Å². The number of hydrogen-bond donors (Lipinski definition) is 1. The molecule has 3 aromatic heterocycles. The molecule has 0 saturated heterocycles. The molecular weight excluding hydrogens is 332 g/mol. The zero-order valence-corrected chi connectivity index (χ0v) is 14.6. The number of fused-ring (bicyclic) bond motifs is 1. The van der Waals surface area contributed by atoms with Gasteiger partial charge in [0, 0.05) is 18.8 Å². The largest absolute Gasteiger partial charge is 0.478 e. The number of carboxylic acids is 1. The predicted molar refractivity (Wildman–Crippen MR) is 94.5 cm³/mol. The zero-order valence-electron chi connectivity index (χ0n) is 14.6. The van der Waals surface area contributed by atoms with Crippen LogP contribution in [0.5, 0.6) is 0 Å². The monoisotopic (exact) mass is 352 g/mol. The number of ketones is 1. The Morgan fingerprint density at radius 3 is 2.77 bits per heavy atom. The Hall–Kier alpha value is -2.96. The number of rotatable bonds is 7. The zero-order chi connectivity index (χ0) is 18.3. The average molecular weight is 352 g/mol. The summed E-state index contributed by atoms with van der Waals surface area (Å²) in [4.78, 5) is 27.3. The van der Waals surface area contributed by atoms with Crippen molar-refractivity contribution in [2.24, 2.45) is 0 Å². The van der Waals surface area contributed by atoms with Crippen LogP contribution in [0, 0.1) is 0 Å². The Balaban J connectivity index is 1.62. The minimum Gasteiger partial charge on any atom is -0.478 e. The number of Topliss-reactive ketones (excluding diaryl/α,β-unsaturated/α-hetero) is 1. The average Bonchev–Trinajstić information content (AvgIpc) is 3.24. The summed E-state index contributed by atoms with van der Waals surface area (Å²) < 4.78 is 3.65. The number of imidazole rings is 1. The lowest BCUT2D eigenvalue weighted by atomic mass is 10.1. The van der Waals surface area contributed by atoms with Gasteiger partial charge in [-0.25, -0.2) is 9.78 Å². The standard InChI is InChI=1S/C19H20N4O3/c1-12(24)2-6-17-16(19(25)26)8-20-23(17)11-15-10-22-9-14(13-3-4-13)5-7-18(22)21-15/h5,7-10,13H,2-4,6,11H2,1H3,(H,25,26). The smallest absolute Gasteiger partial charge is 0.339 e. The molecule has 0 radical (unpaired) electrons. The van der Waals surface area contributed by atoms with E-state index in [4.69, 9.17) is 0 Å². The van der Waals surface area contributed by atoms with Crippen LogP contribution in [0.4, 0.5) is 0 Å². The van der Waals surface area contributed by atoms with E-state index in [1.165, 1.54) is 31.5 Å². The van der Waals surface area contributed by atoms with E-state index in [1.807, 2.05) is 16.7 Å². The number of carbonyl (C=O) groups excluding carboxylic acids is 1. The van der Waals surface area contributed by atoms with Crippen LogP contribution in [-0.4, -0.2) is 36.0 Å². The predicted octanol–water partition coefficient (Wildman–Crippen LogP) is 2.68. The number of hydrogen-bond acceptors (Lipinski definition) is 4. The second-order valence-electron chi connectivity index (χ2n) is 6.90. The molecule has 1 fully saturated rings. The number of pyridine rings is 1. The third-order valence-corrected chi connectivity index (χ3v) is 4.78. The SMILES string of the molecule is CC(=O)CCc1c(C(=O)O)cnn1Cc1cn2cc(C3CC3)ccc2n1. The Labute approximate surface area is 150 Å². The Morgan fingerprint density at radius 2 is 2.08 bits per heavy atom. The van der Waals surface area contributed by atoms with Crippen LogP contribution in [0.3, 0.4) is 0 Å². The first-order chi connectivity index (χ1) is 12.5. The molecule has 0 atom stereocenters. The molecule has 3 heterocycles. The van der Waals surface area contributed by atoms with Gasteiger partial charge in [0.25, 0.3) is 0 Å².